The van der Waals surface area contributed by atoms with Gasteiger partial charge in [-0.1, -0.05) is 13.8 Å². The highest BCUT2D eigenvalue weighted by molar-refractivity contribution is 5.96. The van der Waals surface area contributed by atoms with Gasteiger partial charge >= 0.3 is 0 Å². The molecule has 0 fully saturated rings. The summed E-state index contributed by atoms with van der Waals surface area (Å²) >= 11 is 0. The van der Waals surface area contributed by atoms with Gasteiger partial charge in [0.25, 0.3) is 0 Å². The number of Topliss-reactive ketones (excluding diaryl/α,β-unsaturated/α-hetero) is 1. The second-order valence-electron chi connectivity index (χ2n) is 3.94. The molecular weight excluding hydrogens is 176 g/mol. The van der Waals surface area contributed by atoms with Crippen LogP contribution in [-0.2, 0) is 0 Å². The minimum Gasteiger partial charge on any atom is -0.508 e. The van der Waals surface area contributed by atoms with Crippen molar-refractivity contribution in [3.63, 3.8) is 0 Å². The molecule has 0 heterocycles. The molecule has 2 heteroatoms. The molecule has 14 heavy (non-hydrogen) atoms. The number of phenols is 1. The lowest BCUT2D eigenvalue weighted by Gasteiger charge is -2.11. The molecule has 0 aliphatic heterocycles. The van der Waals surface area contributed by atoms with Crippen molar-refractivity contribution in [2.24, 2.45) is 0 Å². The van der Waals surface area contributed by atoms with Crippen molar-refractivity contribution in [3.8, 4) is 5.75 Å². The van der Waals surface area contributed by atoms with Crippen LogP contribution in [0.3, 0.4) is 0 Å². The fraction of sp³-hybridized carbons (Fsp3) is 0.417. The average Bonchev–Trinajstić information content (AvgIpc) is 2.02. The average molecular weight is 192 g/mol. The van der Waals surface area contributed by atoms with Crippen molar-refractivity contribution < 1.29 is 9.90 Å². The highest BCUT2D eigenvalue weighted by Crippen LogP contribution is 2.28. The highest BCUT2D eigenvalue weighted by atomic mass is 16.3. The number of phenolic OH excluding ortho intramolecular Hbond substituents is 1. The van der Waals surface area contributed by atoms with Crippen LogP contribution in [0.4, 0.5) is 0 Å². The number of hydrogen-bond donors (Lipinski definition) is 1. The van der Waals surface area contributed by atoms with E-state index >= 15 is 0 Å². The summed E-state index contributed by atoms with van der Waals surface area (Å²) in [5, 5.41) is 9.66. The van der Waals surface area contributed by atoms with Crippen LogP contribution >= 0.6 is 0 Å². The topological polar surface area (TPSA) is 37.3 Å². The van der Waals surface area contributed by atoms with Gasteiger partial charge in [-0.25, -0.2) is 0 Å². The summed E-state index contributed by atoms with van der Waals surface area (Å²) in [5.41, 5.74) is 2.37. The van der Waals surface area contributed by atoms with Crippen molar-refractivity contribution in [1.82, 2.24) is 0 Å². The number of carbonyl (C=O) groups is 1. The van der Waals surface area contributed by atoms with Crippen LogP contribution in [0.1, 0.15) is 48.2 Å². The van der Waals surface area contributed by atoms with Gasteiger partial charge in [0.2, 0.25) is 0 Å². The highest BCUT2D eigenvalue weighted by Gasteiger charge is 2.11. The number of ketones is 1. The number of aryl methyl sites for hydroxylation is 1. The third-order valence-electron chi connectivity index (χ3n) is 2.37. The van der Waals surface area contributed by atoms with E-state index in [0.29, 0.717) is 5.56 Å². The molecule has 76 valence electrons. The lowest BCUT2D eigenvalue weighted by Crippen LogP contribution is -1.99. The molecular formula is C12H16O2. The molecule has 1 aromatic carbocycles. The zero-order valence-electron chi connectivity index (χ0n) is 9.09. The maximum absolute atomic E-state index is 11.3. The normalized spacial score (nSPS) is 10.6. The van der Waals surface area contributed by atoms with Gasteiger partial charge in [0.15, 0.2) is 5.78 Å². The zero-order valence-corrected chi connectivity index (χ0v) is 9.09. The van der Waals surface area contributed by atoms with Gasteiger partial charge in [-0.2, -0.15) is 0 Å². The number of hydrogen-bond acceptors (Lipinski definition) is 2. The maximum atomic E-state index is 11.3. The molecule has 0 amide bonds. The Kier molecular flexibility index (Phi) is 2.94. The number of benzene rings is 1. The van der Waals surface area contributed by atoms with Crippen LogP contribution in [0.5, 0.6) is 5.75 Å². The van der Waals surface area contributed by atoms with E-state index in [1.54, 1.807) is 19.1 Å². The van der Waals surface area contributed by atoms with Crippen LogP contribution in [-0.4, -0.2) is 10.9 Å². The first kappa shape index (κ1) is 10.8. The first-order valence-electron chi connectivity index (χ1n) is 4.78. The Labute approximate surface area is 84.6 Å². The standard InChI is InChI=1S/C12H16O2/c1-7(2)10-6-11(9(4)13)8(3)5-12(10)14/h5-7,14H,1-4H3. The van der Waals surface area contributed by atoms with E-state index in [-0.39, 0.29) is 17.5 Å². The Morgan fingerprint density at radius 2 is 1.93 bits per heavy atom. The van der Waals surface area contributed by atoms with Crippen molar-refractivity contribution in [2.45, 2.75) is 33.6 Å². The van der Waals surface area contributed by atoms with Gasteiger partial charge in [0.1, 0.15) is 5.75 Å². The molecule has 0 aliphatic carbocycles. The van der Waals surface area contributed by atoms with Crippen LogP contribution in [0, 0.1) is 6.92 Å². The number of aromatic hydroxyl groups is 1. The molecule has 0 aromatic heterocycles. The van der Waals surface area contributed by atoms with Gasteiger partial charge < -0.3 is 5.11 Å². The third kappa shape index (κ3) is 1.95. The summed E-state index contributed by atoms with van der Waals surface area (Å²) in [6.45, 7) is 7.37. The van der Waals surface area contributed by atoms with E-state index in [0.717, 1.165) is 11.1 Å². The van der Waals surface area contributed by atoms with E-state index in [1.165, 1.54) is 0 Å². The first-order valence-corrected chi connectivity index (χ1v) is 4.78. The predicted octanol–water partition coefficient (Wildman–Crippen LogP) is 3.03. The van der Waals surface area contributed by atoms with Gasteiger partial charge in [-0.15, -0.1) is 0 Å². The fourth-order valence-electron chi connectivity index (χ4n) is 1.55. The minimum atomic E-state index is 0.0457. The zero-order chi connectivity index (χ0) is 10.9. The van der Waals surface area contributed by atoms with Crippen LogP contribution in [0.25, 0.3) is 0 Å². The van der Waals surface area contributed by atoms with Crippen LogP contribution in [0.15, 0.2) is 12.1 Å². The van der Waals surface area contributed by atoms with E-state index in [2.05, 4.69) is 0 Å². The molecule has 0 radical (unpaired) electrons. The lowest BCUT2D eigenvalue weighted by molar-refractivity contribution is 0.101. The molecule has 0 saturated carbocycles. The van der Waals surface area contributed by atoms with E-state index in [4.69, 9.17) is 0 Å². The second-order valence-corrected chi connectivity index (χ2v) is 3.94. The summed E-state index contributed by atoms with van der Waals surface area (Å²) in [6.07, 6.45) is 0. The molecule has 1 aromatic rings. The lowest BCUT2D eigenvalue weighted by atomic mass is 9.95. The first-order chi connectivity index (χ1) is 6.43. The number of rotatable bonds is 2. The molecule has 0 aliphatic rings. The van der Waals surface area contributed by atoms with Crippen molar-refractivity contribution in [2.75, 3.05) is 0 Å². The molecule has 0 bridgehead atoms. The molecule has 2 nitrogen and oxygen atoms in total. The Morgan fingerprint density at radius 3 is 2.36 bits per heavy atom. The van der Waals surface area contributed by atoms with Gasteiger partial charge in [0, 0.05) is 5.56 Å². The summed E-state index contributed by atoms with van der Waals surface area (Å²) in [7, 11) is 0. The number of carbonyl (C=O) groups excluding carboxylic acids is 1. The molecule has 0 saturated heterocycles. The predicted molar refractivity (Wildman–Crippen MR) is 56.9 cm³/mol. The maximum Gasteiger partial charge on any atom is 0.160 e. The second kappa shape index (κ2) is 3.82. The molecule has 0 atom stereocenters. The Morgan fingerprint density at radius 1 is 1.36 bits per heavy atom. The van der Waals surface area contributed by atoms with Gasteiger partial charge in [-0.05, 0) is 43.0 Å². The summed E-state index contributed by atoms with van der Waals surface area (Å²) in [5.74, 6) is 0.556. The fourth-order valence-corrected chi connectivity index (χ4v) is 1.55. The molecule has 1 rings (SSSR count). The minimum absolute atomic E-state index is 0.0457. The summed E-state index contributed by atoms with van der Waals surface area (Å²) in [6, 6.07) is 3.45. The van der Waals surface area contributed by atoms with E-state index in [9.17, 15) is 9.90 Å². The Bertz CT molecular complexity index is 365. The quantitative estimate of drug-likeness (QED) is 0.731. The van der Waals surface area contributed by atoms with Crippen molar-refractivity contribution in [3.05, 3.63) is 28.8 Å². The van der Waals surface area contributed by atoms with Gasteiger partial charge in [-0.3, -0.25) is 4.79 Å². The monoisotopic (exact) mass is 192 g/mol. The van der Waals surface area contributed by atoms with Crippen LogP contribution < -0.4 is 0 Å². The summed E-state index contributed by atoms with van der Waals surface area (Å²) < 4.78 is 0. The van der Waals surface area contributed by atoms with Crippen molar-refractivity contribution in [1.29, 1.82) is 0 Å². The van der Waals surface area contributed by atoms with E-state index in [1.807, 2.05) is 20.8 Å². The van der Waals surface area contributed by atoms with Crippen molar-refractivity contribution >= 4 is 5.78 Å². The van der Waals surface area contributed by atoms with Crippen LogP contribution in [0.2, 0.25) is 0 Å². The molecule has 1 N–H and O–H groups in total. The third-order valence-corrected chi connectivity index (χ3v) is 2.37. The van der Waals surface area contributed by atoms with E-state index < -0.39 is 0 Å². The summed E-state index contributed by atoms with van der Waals surface area (Å²) in [4.78, 5) is 11.3. The SMILES string of the molecule is CC(=O)c1cc(C(C)C)c(O)cc1C. The largest absolute Gasteiger partial charge is 0.508 e. The van der Waals surface area contributed by atoms with Gasteiger partial charge in [0.05, 0.1) is 0 Å². The Hall–Kier alpha value is -1.31. The Balaban J connectivity index is 3.34. The molecule has 0 unspecified atom stereocenters. The smallest absolute Gasteiger partial charge is 0.160 e. The molecule has 0 spiro atoms.